The molecule has 1 atom stereocenters. The summed E-state index contributed by atoms with van der Waals surface area (Å²) in [4.78, 5) is 18.9. The molecule has 1 aliphatic rings. The van der Waals surface area contributed by atoms with Crippen LogP contribution in [-0.4, -0.2) is 47.1 Å². The molecule has 1 aliphatic heterocycles. The molecule has 1 fully saturated rings. The van der Waals surface area contributed by atoms with Crippen molar-refractivity contribution in [2.45, 2.75) is 44.6 Å². The number of nitrogens with one attached hydrogen (secondary N) is 1. The Morgan fingerprint density at radius 2 is 2.12 bits per heavy atom. The molecule has 1 saturated heterocycles. The highest BCUT2D eigenvalue weighted by Crippen LogP contribution is 2.15. The van der Waals surface area contributed by atoms with Gasteiger partial charge in [-0.15, -0.1) is 0 Å². The highest BCUT2D eigenvalue weighted by atomic mass is 16.5. The highest BCUT2D eigenvalue weighted by Gasteiger charge is 2.24. The van der Waals surface area contributed by atoms with Crippen molar-refractivity contribution in [1.82, 2.24) is 20.4 Å². The van der Waals surface area contributed by atoms with E-state index in [0.29, 0.717) is 31.1 Å². The molecular weight excluding hydrogens is 316 g/mol. The molecule has 1 aromatic carbocycles. The second-order valence-electron chi connectivity index (χ2n) is 6.65. The number of likely N-dealkylation sites (N-methyl/N-ethyl adjacent to an activating group) is 1. The van der Waals surface area contributed by atoms with Gasteiger partial charge in [-0.05, 0) is 32.0 Å². The first kappa shape index (κ1) is 17.6. The summed E-state index contributed by atoms with van der Waals surface area (Å²) in [5, 5.41) is 7.03. The Morgan fingerprint density at radius 1 is 1.28 bits per heavy atom. The Labute approximate surface area is 148 Å². The smallest absolute Gasteiger partial charge is 0.237 e. The normalized spacial score (nSPS) is 18.7. The van der Waals surface area contributed by atoms with Crippen molar-refractivity contribution in [1.29, 1.82) is 0 Å². The van der Waals surface area contributed by atoms with Crippen LogP contribution in [0.25, 0.3) is 0 Å². The summed E-state index contributed by atoms with van der Waals surface area (Å²) in [7, 11) is 2.03. The number of carbonyl (C=O) groups excluding carboxylic acids is 1. The third-order valence-electron chi connectivity index (χ3n) is 4.68. The molecule has 0 aliphatic carbocycles. The number of nitrogens with zero attached hydrogens (tertiary/aromatic N) is 3. The summed E-state index contributed by atoms with van der Waals surface area (Å²) in [5.74, 6) is 1.35. The minimum atomic E-state index is -0.0150. The first-order chi connectivity index (χ1) is 12.2. The predicted octanol–water partition coefficient (Wildman–Crippen LogP) is 2.19. The molecule has 0 bridgehead atoms. The molecule has 3 rings (SSSR count). The number of rotatable bonds is 6. The zero-order valence-corrected chi connectivity index (χ0v) is 14.8. The van der Waals surface area contributed by atoms with E-state index >= 15 is 0 Å². The van der Waals surface area contributed by atoms with E-state index < -0.39 is 0 Å². The molecule has 0 spiro atoms. The van der Waals surface area contributed by atoms with Gasteiger partial charge in [0.05, 0.1) is 6.04 Å². The van der Waals surface area contributed by atoms with Gasteiger partial charge in [-0.1, -0.05) is 48.3 Å². The van der Waals surface area contributed by atoms with E-state index in [1.807, 2.05) is 37.4 Å². The van der Waals surface area contributed by atoms with Gasteiger partial charge in [-0.25, -0.2) is 0 Å². The lowest BCUT2D eigenvalue weighted by Crippen LogP contribution is -2.45. The fourth-order valence-corrected chi connectivity index (χ4v) is 3.24. The number of carbonyl (C=O) groups is 1. The Kier molecular flexibility index (Phi) is 6.17. The van der Waals surface area contributed by atoms with Crippen LogP contribution in [0.15, 0.2) is 34.9 Å². The SMILES string of the molecule is CN1CCCCCC1C(=O)NCCc1nc(Cc2ccccc2)no1. The van der Waals surface area contributed by atoms with Gasteiger partial charge in [0.25, 0.3) is 0 Å². The average molecular weight is 342 g/mol. The van der Waals surface area contributed by atoms with Crippen LogP contribution in [0.5, 0.6) is 0 Å². The molecule has 1 aromatic heterocycles. The summed E-state index contributed by atoms with van der Waals surface area (Å²) in [6.45, 7) is 1.51. The Morgan fingerprint density at radius 3 is 2.96 bits per heavy atom. The number of amides is 1. The van der Waals surface area contributed by atoms with E-state index in [1.54, 1.807) is 0 Å². The van der Waals surface area contributed by atoms with Crippen LogP contribution >= 0.6 is 0 Å². The molecule has 1 N–H and O–H groups in total. The van der Waals surface area contributed by atoms with Gasteiger partial charge in [0, 0.05) is 19.4 Å². The quantitative estimate of drug-likeness (QED) is 0.871. The van der Waals surface area contributed by atoms with E-state index in [0.717, 1.165) is 24.9 Å². The summed E-state index contributed by atoms with van der Waals surface area (Å²) in [5.41, 5.74) is 1.15. The maximum Gasteiger partial charge on any atom is 0.237 e. The van der Waals surface area contributed by atoms with Crippen molar-refractivity contribution in [3.05, 3.63) is 47.6 Å². The molecule has 1 unspecified atom stereocenters. The fraction of sp³-hybridized carbons (Fsp3) is 0.526. The second-order valence-corrected chi connectivity index (χ2v) is 6.65. The largest absolute Gasteiger partial charge is 0.354 e. The summed E-state index contributed by atoms with van der Waals surface area (Å²) < 4.78 is 5.28. The van der Waals surface area contributed by atoms with Crippen LogP contribution in [-0.2, 0) is 17.6 Å². The number of likely N-dealkylation sites (tertiary alicyclic amines) is 1. The predicted molar refractivity (Wildman–Crippen MR) is 95.1 cm³/mol. The average Bonchev–Trinajstić information content (AvgIpc) is 2.94. The van der Waals surface area contributed by atoms with E-state index in [2.05, 4.69) is 20.4 Å². The lowest BCUT2D eigenvalue weighted by Gasteiger charge is -2.24. The first-order valence-electron chi connectivity index (χ1n) is 9.06. The Hall–Kier alpha value is -2.21. The van der Waals surface area contributed by atoms with Crippen molar-refractivity contribution in [3.8, 4) is 0 Å². The summed E-state index contributed by atoms with van der Waals surface area (Å²) >= 11 is 0. The molecule has 0 radical (unpaired) electrons. The Balaban J connectivity index is 1.45. The van der Waals surface area contributed by atoms with E-state index in [4.69, 9.17) is 4.52 Å². The zero-order valence-electron chi connectivity index (χ0n) is 14.8. The van der Waals surface area contributed by atoms with Crippen LogP contribution in [0.1, 0.15) is 43.0 Å². The van der Waals surface area contributed by atoms with Gasteiger partial charge in [0.15, 0.2) is 5.82 Å². The van der Waals surface area contributed by atoms with Crippen LogP contribution in [0.3, 0.4) is 0 Å². The minimum Gasteiger partial charge on any atom is -0.354 e. The van der Waals surface area contributed by atoms with Crippen molar-refractivity contribution in [3.63, 3.8) is 0 Å². The van der Waals surface area contributed by atoms with Gasteiger partial charge in [-0.2, -0.15) is 4.98 Å². The standard InChI is InChI=1S/C19H26N4O2/c1-23-13-7-3-6-10-16(23)19(24)20-12-11-18-21-17(22-25-18)14-15-8-4-2-5-9-15/h2,4-5,8-9,16H,3,6-7,10-14H2,1H3,(H,20,24). The molecule has 6 nitrogen and oxygen atoms in total. The number of aromatic nitrogens is 2. The third-order valence-corrected chi connectivity index (χ3v) is 4.68. The van der Waals surface area contributed by atoms with Crippen molar-refractivity contribution in [2.75, 3.05) is 20.1 Å². The molecule has 2 aromatic rings. The summed E-state index contributed by atoms with van der Waals surface area (Å²) in [6, 6.07) is 10.0. The topological polar surface area (TPSA) is 71.3 Å². The van der Waals surface area contributed by atoms with Gasteiger partial charge in [0.2, 0.25) is 11.8 Å². The molecule has 2 heterocycles. The van der Waals surface area contributed by atoms with Gasteiger partial charge in [0.1, 0.15) is 0 Å². The number of hydrogen-bond acceptors (Lipinski definition) is 5. The second kappa shape index (κ2) is 8.76. The van der Waals surface area contributed by atoms with Crippen LogP contribution in [0.2, 0.25) is 0 Å². The van der Waals surface area contributed by atoms with Crippen molar-refractivity contribution >= 4 is 5.91 Å². The van der Waals surface area contributed by atoms with Crippen molar-refractivity contribution < 1.29 is 9.32 Å². The van der Waals surface area contributed by atoms with Crippen LogP contribution in [0, 0.1) is 0 Å². The molecular formula is C19H26N4O2. The number of benzene rings is 1. The van der Waals surface area contributed by atoms with Gasteiger partial charge < -0.3 is 9.84 Å². The molecule has 6 heteroatoms. The van der Waals surface area contributed by atoms with Crippen LogP contribution in [0.4, 0.5) is 0 Å². The third kappa shape index (κ3) is 5.13. The molecule has 25 heavy (non-hydrogen) atoms. The van der Waals surface area contributed by atoms with E-state index in [-0.39, 0.29) is 11.9 Å². The first-order valence-corrected chi connectivity index (χ1v) is 9.06. The molecule has 0 saturated carbocycles. The van der Waals surface area contributed by atoms with Crippen LogP contribution < -0.4 is 5.32 Å². The fourth-order valence-electron chi connectivity index (χ4n) is 3.24. The van der Waals surface area contributed by atoms with Gasteiger partial charge in [-0.3, -0.25) is 9.69 Å². The monoisotopic (exact) mass is 342 g/mol. The van der Waals surface area contributed by atoms with E-state index in [9.17, 15) is 4.79 Å². The van der Waals surface area contributed by atoms with E-state index in [1.165, 1.54) is 12.8 Å². The lowest BCUT2D eigenvalue weighted by atomic mass is 10.1. The zero-order chi connectivity index (χ0) is 17.5. The van der Waals surface area contributed by atoms with Gasteiger partial charge >= 0.3 is 0 Å². The molecule has 1 amide bonds. The molecule has 134 valence electrons. The maximum absolute atomic E-state index is 12.4. The minimum absolute atomic E-state index is 0.0150. The highest BCUT2D eigenvalue weighted by molar-refractivity contribution is 5.81. The lowest BCUT2D eigenvalue weighted by molar-refractivity contribution is -0.126. The summed E-state index contributed by atoms with van der Waals surface area (Å²) in [6.07, 6.45) is 5.65. The number of hydrogen-bond donors (Lipinski definition) is 1. The Bertz CT molecular complexity index is 671. The maximum atomic E-state index is 12.4. The van der Waals surface area contributed by atoms with Crippen molar-refractivity contribution in [2.24, 2.45) is 0 Å².